The Labute approximate surface area is 718 Å². The van der Waals surface area contributed by atoms with E-state index in [9.17, 15) is 0 Å². The number of nitrogens with zero attached hydrogens (tertiary/aromatic N) is 6. The first-order valence-corrected chi connectivity index (χ1v) is 43.8. The number of aromatic nitrogens is 6. The Kier molecular flexibility index (Phi) is 17.4. The molecule has 9 heteroatoms. The van der Waals surface area contributed by atoms with Gasteiger partial charge < -0.3 is 0 Å². The minimum atomic E-state index is 0.942. The molecule has 0 atom stereocenters. The van der Waals surface area contributed by atoms with Crippen LogP contribution in [0.15, 0.2) is 413 Å². The maximum absolute atomic E-state index is 4.75. The minimum Gasteiger partial charge on any atom is -0.252 e. The zero-order valence-electron chi connectivity index (χ0n) is 66.2. The van der Waals surface area contributed by atoms with Crippen LogP contribution in [0.1, 0.15) is 0 Å². The molecule has 572 valence electrons. The molecule has 0 amide bonds. The van der Waals surface area contributed by atoms with Crippen molar-refractivity contribution >= 4 is 192 Å². The van der Waals surface area contributed by atoms with Crippen molar-refractivity contribution in [3.63, 3.8) is 0 Å². The van der Waals surface area contributed by atoms with Crippen LogP contribution < -0.4 is 0 Å². The van der Waals surface area contributed by atoms with Crippen LogP contribution in [0.4, 0.5) is 0 Å². The van der Waals surface area contributed by atoms with Crippen LogP contribution in [0.2, 0.25) is 0 Å². The molecule has 0 aliphatic rings. The SMILES string of the molecule is c1cc(-c2cccc(-c3ccc4c(c3)c3ccccc3c3nccnc43)c2)cc(-c2ccc3sc4ccccc4c3c2)c1.c1ccc(-c2ccc3c(c2)c2ccccc2c2nccnc32)c(-c2ccc3sc4ccccc4c3c2)c1.c1ccc(-c2ccccc2-c2ccc3c(c2)c2ccccc2c2nccnc32)c(-c2ccc3sc4ccccc4c3c2)c1. The molecule has 26 rings (SSSR count). The van der Waals surface area contributed by atoms with Crippen molar-refractivity contribution in [1.29, 1.82) is 0 Å². The first-order chi connectivity index (χ1) is 61.0. The van der Waals surface area contributed by atoms with Crippen LogP contribution in [-0.4, -0.2) is 29.9 Å². The van der Waals surface area contributed by atoms with Crippen molar-refractivity contribution in [2.45, 2.75) is 0 Å². The van der Waals surface area contributed by atoms with Gasteiger partial charge in [-0.1, -0.05) is 291 Å². The molecule has 20 aromatic carbocycles. The summed E-state index contributed by atoms with van der Waals surface area (Å²) >= 11 is 5.58. The highest BCUT2D eigenvalue weighted by Gasteiger charge is 2.21. The third-order valence-corrected chi connectivity index (χ3v) is 28.0. The minimum absolute atomic E-state index is 0.942. The molecule has 6 heterocycles. The lowest BCUT2D eigenvalue weighted by Crippen LogP contribution is -1.91. The molecule has 0 fully saturated rings. The number of hydrogen-bond donors (Lipinski definition) is 0. The van der Waals surface area contributed by atoms with E-state index in [1.807, 2.05) is 34.0 Å². The van der Waals surface area contributed by atoms with E-state index in [2.05, 4.69) is 386 Å². The Bertz CT molecular complexity index is 8720. The van der Waals surface area contributed by atoms with Gasteiger partial charge in [0.2, 0.25) is 0 Å². The molecule has 0 radical (unpaired) electrons. The van der Waals surface area contributed by atoms with Gasteiger partial charge in [-0.25, -0.2) is 0 Å². The van der Waals surface area contributed by atoms with Gasteiger partial charge in [-0.15, -0.1) is 34.0 Å². The molecule has 0 aliphatic carbocycles. The lowest BCUT2D eigenvalue weighted by Gasteiger charge is -2.16. The molecule has 0 bridgehead atoms. The average molecular weight is 1620 g/mol. The van der Waals surface area contributed by atoms with Crippen LogP contribution in [0.25, 0.3) is 247 Å². The van der Waals surface area contributed by atoms with Gasteiger partial charge in [0.25, 0.3) is 0 Å². The Morgan fingerprint density at radius 2 is 0.325 bits per heavy atom. The van der Waals surface area contributed by atoms with Crippen LogP contribution in [-0.2, 0) is 0 Å². The molecule has 6 aromatic heterocycles. The van der Waals surface area contributed by atoms with E-state index in [-0.39, 0.29) is 0 Å². The monoisotopic (exact) mass is 1620 g/mol. The fraction of sp³-hybridized carbons (Fsp3) is 0. The molecule has 0 saturated heterocycles. The van der Waals surface area contributed by atoms with E-state index in [4.69, 9.17) is 19.9 Å². The molecule has 0 spiro atoms. The number of hydrogen-bond acceptors (Lipinski definition) is 9. The zero-order valence-corrected chi connectivity index (χ0v) is 68.6. The molecule has 6 nitrogen and oxygen atoms in total. The predicted octanol–water partition coefficient (Wildman–Crippen LogP) is 32.2. The molecule has 26 aromatic rings. The first kappa shape index (κ1) is 71.7. The average Bonchev–Trinajstić information content (AvgIpc) is 1.71. The third kappa shape index (κ3) is 12.4. The Morgan fingerprint density at radius 3 is 0.650 bits per heavy atom. The summed E-state index contributed by atoms with van der Waals surface area (Å²) in [5.74, 6) is 0. The van der Waals surface area contributed by atoms with E-state index in [1.165, 1.54) is 182 Å². The molecular formula is C114H68N6S3. The maximum Gasteiger partial charge on any atom is 0.0971 e. The fourth-order valence-electron chi connectivity index (χ4n) is 18.8. The van der Waals surface area contributed by atoms with E-state index >= 15 is 0 Å². The quantitative estimate of drug-likeness (QED) is 0.141. The second-order valence-corrected chi connectivity index (χ2v) is 34.7. The zero-order chi connectivity index (χ0) is 81.0. The Morgan fingerprint density at radius 1 is 0.122 bits per heavy atom. The lowest BCUT2D eigenvalue weighted by molar-refractivity contribution is 1.31. The number of thiophene rings is 3. The standard InChI is InChI=1S/2C40H24N2S.C34H20N2S/c1-3-11-29(30-12-4-2-10-28(30)26-18-20-38-36(24-26)32-14-7-8-16-37(32)43-38)27(9-1)25-17-19-34-35(23-25)31-13-5-6-15-33(31)39-40(34)42-22-21-41-39;1-2-13-33-31(11-1)35-23-29(15-17-34(35)40-39(33)41-19-20-42-40)27-9-5-7-25(21-27)26-8-6-10-28(22-26)30-16-18-38-36(24-30)32-12-3-4-14-37(32)43-38;1-2-8-24(22-14-16-32-30(20-22)26-10-5-6-12-31(26)37-32)23(7-1)21-13-15-28-29(19-21)25-9-3-4-11-27(25)33-34(28)36-18-17-35-33/h2*1-24H;1-20H. The highest BCUT2D eigenvalue weighted by molar-refractivity contribution is 7.26. The van der Waals surface area contributed by atoms with Crippen molar-refractivity contribution in [3.05, 3.63) is 413 Å². The van der Waals surface area contributed by atoms with Crippen LogP contribution >= 0.6 is 34.0 Å². The molecule has 0 aliphatic heterocycles. The summed E-state index contributed by atoms with van der Waals surface area (Å²) in [6.07, 6.45) is 10.7. The van der Waals surface area contributed by atoms with Crippen molar-refractivity contribution in [2.75, 3.05) is 0 Å². The normalized spacial score (nSPS) is 11.7. The lowest BCUT2D eigenvalue weighted by atomic mass is 9.88. The largest absolute Gasteiger partial charge is 0.252 e. The van der Waals surface area contributed by atoms with Gasteiger partial charge in [-0.3, -0.25) is 29.9 Å². The third-order valence-electron chi connectivity index (χ3n) is 24.5. The van der Waals surface area contributed by atoms with Gasteiger partial charge >= 0.3 is 0 Å². The fourth-order valence-corrected chi connectivity index (χ4v) is 22.0. The van der Waals surface area contributed by atoms with Gasteiger partial charge in [-0.05, 0) is 206 Å². The number of benzene rings is 20. The van der Waals surface area contributed by atoms with Crippen molar-refractivity contribution in [1.82, 2.24) is 29.9 Å². The summed E-state index contributed by atoms with van der Waals surface area (Å²) in [6.45, 7) is 0. The summed E-state index contributed by atoms with van der Waals surface area (Å²) in [5, 5.41) is 21.9. The summed E-state index contributed by atoms with van der Waals surface area (Å²) in [5.41, 5.74) is 25.2. The summed E-state index contributed by atoms with van der Waals surface area (Å²) < 4.78 is 7.98. The Hall–Kier alpha value is -15.4. The molecule has 0 unspecified atom stereocenters. The second kappa shape index (κ2) is 29.9. The van der Waals surface area contributed by atoms with Gasteiger partial charge in [-0.2, -0.15) is 0 Å². The van der Waals surface area contributed by atoms with Gasteiger partial charge in [0.05, 0.1) is 33.1 Å². The first-order valence-electron chi connectivity index (χ1n) is 41.4. The van der Waals surface area contributed by atoms with Gasteiger partial charge in [0, 0.05) is 130 Å². The molecule has 0 N–H and O–H groups in total. The summed E-state index contributed by atoms with van der Waals surface area (Å²) in [4.78, 5) is 28.2. The van der Waals surface area contributed by atoms with Crippen LogP contribution in [0.3, 0.4) is 0 Å². The van der Waals surface area contributed by atoms with Crippen molar-refractivity contribution < 1.29 is 0 Å². The smallest absolute Gasteiger partial charge is 0.0971 e. The number of rotatable bonds is 8. The van der Waals surface area contributed by atoms with Crippen LogP contribution in [0, 0.1) is 0 Å². The summed E-state index contributed by atoms with van der Waals surface area (Å²) in [7, 11) is 0. The van der Waals surface area contributed by atoms with Gasteiger partial charge in [0.1, 0.15) is 0 Å². The van der Waals surface area contributed by atoms with Crippen molar-refractivity contribution in [3.8, 4) is 89.0 Å². The van der Waals surface area contributed by atoms with E-state index in [0.29, 0.717) is 0 Å². The molecular weight excluding hydrogens is 1550 g/mol. The molecule has 123 heavy (non-hydrogen) atoms. The van der Waals surface area contributed by atoms with E-state index < -0.39 is 0 Å². The second-order valence-electron chi connectivity index (χ2n) is 31.4. The highest BCUT2D eigenvalue weighted by Crippen LogP contribution is 2.47. The maximum atomic E-state index is 4.75. The Balaban J connectivity index is 0.000000104. The highest BCUT2D eigenvalue weighted by atomic mass is 32.1. The van der Waals surface area contributed by atoms with Gasteiger partial charge in [0.15, 0.2) is 0 Å². The molecule has 0 saturated carbocycles. The number of fused-ring (bicyclic) bond motifs is 27. The predicted molar refractivity (Wildman–Crippen MR) is 526 cm³/mol. The van der Waals surface area contributed by atoms with E-state index in [0.717, 1.165) is 65.4 Å². The van der Waals surface area contributed by atoms with Crippen LogP contribution in [0.5, 0.6) is 0 Å². The van der Waals surface area contributed by atoms with E-state index in [1.54, 1.807) is 37.2 Å². The topological polar surface area (TPSA) is 77.3 Å². The summed E-state index contributed by atoms with van der Waals surface area (Å²) in [6, 6.07) is 137. The van der Waals surface area contributed by atoms with Crippen molar-refractivity contribution in [2.24, 2.45) is 0 Å².